The van der Waals surface area contributed by atoms with Crippen LogP contribution >= 0.6 is 0 Å². The number of hydrogen-bond acceptors (Lipinski definition) is 4. The van der Waals surface area contributed by atoms with E-state index in [2.05, 4.69) is 0 Å². The fourth-order valence-electron chi connectivity index (χ4n) is 2.15. The molecule has 18 heavy (non-hydrogen) atoms. The zero-order valence-electron chi connectivity index (χ0n) is 10.5. The van der Waals surface area contributed by atoms with E-state index < -0.39 is 0 Å². The molecule has 4 heteroatoms. The molecule has 0 unspecified atom stereocenters. The minimum absolute atomic E-state index is 0.0875. The van der Waals surface area contributed by atoms with Crippen molar-refractivity contribution in [2.45, 2.75) is 31.8 Å². The van der Waals surface area contributed by atoms with Crippen LogP contribution in [-0.2, 0) is 4.79 Å². The van der Waals surface area contributed by atoms with Gasteiger partial charge in [0.2, 0.25) is 0 Å². The van der Waals surface area contributed by atoms with Gasteiger partial charge in [-0.1, -0.05) is 0 Å². The lowest BCUT2D eigenvalue weighted by Crippen LogP contribution is -2.27. The average Bonchev–Trinajstić information content (AvgIpc) is 2.40. The van der Waals surface area contributed by atoms with Crippen LogP contribution in [0.2, 0.25) is 0 Å². The maximum Gasteiger partial charge on any atom is 0.314 e. The lowest BCUT2D eigenvalue weighted by Gasteiger charge is -2.23. The number of ether oxygens (including phenoxy) is 2. The molecular weight excluding hydrogens is 232 g/mol. The predicted octanol–water partition coefficient (Wildman–Crippen LogP) is 2.15. The second-order valence-corrected chi connectivity index (χ2v) is 4.60. The van der Waals surface area contributed by atoms with Gasteiger partial charge in [0.25, 0.3) is 0 Å². The summed E-state index contributed by atoms with van der Waals surface area (Å²) in [5, 5.41) is 9.39. The highest BCUT2D eigenvalue weighted by Crippen LogP contribution is 2.26. The van der Waals surface area contributed by atoms with Crippen molar-refractivity contribution in [1.29, 1.82) is 0 Å². The van der Waals surface area contributed by atoms with Gasteiger partial charge in [-0.15, -0.1) is 0 Å². The maximum absolute atomic E-state index is 11.9. The van der Waals surface area contributed by atoms with Crippen LogP contribution in [-0.4, -0.2) is 24.3 Å². The summed E-state index contributed by atoms with van der Waals surface area (Å²) in [6, 6.07) is 6.95. The monoisotopic (exact) mass is 250 g/mol. The molecule has 0 amide bonds. The van der Waals surface area contributed by atoms with E-state index in [0.717, 1.165) is 5.75 Å². The molecular formula is C14H18O4. The van der Waals surface area contributed by atoms with Gasteiger partial charge in [-0.2, -0.15) is 0 Å². The Morgan fingerprint density at radius 2 is 1.67 bits per heavy atom. The van der Waals surface area contributed by atoms with Gasteiger partial charge in [-0.25, -0.2) is 0 Å². The van der Waals surface area contributed by atoms with Crippen molar-refractivity contribution in [3.05, 3.63) is 24.3 Å². The first kappa shape index (κ1) is 12.9. The number of rotatable bonds is 3. The molecule has 1 aromatic rings. The Bertz CT molecular complexity index is 391. The second kappa shape index (κ2) is 5.87. The van der Waals surface area contributed by atoms with Crippen LogP contribution in [0.3, 0.4) is 0 Å². The number of carbonyl (C=O) groups is 1. The molecule has 0 heterocycles. The zero-order valence-corrected chi connectivity index (χ0v) is 10.5. The molecule has 98 valence electrons. The molecule has 1 N–H and O–H groups in total. The van der Waals surface area contributed by atoms with E-state index in [9.17, 15) is 9.90 Å². The summed E-state index contributed by atoms with van der Waals surface area (Å²) in [6.07, 6.45) is 2.52. The molecule has 0 saturated heterocycles. The van der Waals surface area contributed by atoms with Crippen molar-refractivity contribution in [1.82, 2.24) is 0 Å². The molecule has 0 bridgehead atoms. The summed E-state index contributed by atoms with van der Waals surface area (Å²) in [7, 11) is 1.59. The Balaban J connectivity index is 1.90. The highest BCUT2D eigenvalue weighted by molar-refractivity contribution is 5.75. The fraction of sp³-hybridized carbons (Fsp3) is 0.500. The van der Waals surface area contributed by atoms with E-state index in [-0.39, 0.29) is 18.0 Å². The van der Waals surface area contributed by atoms with Crippen LogP contribution in [0.5, 0.6) is 11.5 Å². The fourth-order valence-corrected chi connectivity index (χ4v) is 2.15. The SMILES string of the molecule is COc1ccc(OC(=O)C2CCC(O)CC2)cc1. The number of carbonyl (C=O) groups excluding carboxylic acids is 1. The van der Waals surface area contributed by atoms with Gasteiger partial charge in [0.1, 0.15) is 11.5 Å². The Hall–Kier alpha value is -1.55. The minimum atomic E-state index is -0.255. The van der Waals surface area contributed by atoms with Crippen LogP contribution in [0.1, 0.15) is 25.7 Å². The van der Waals surface area contributed by atoms with Crippen LogP contribution in [0, 0.1) is 5.92 Å². The Morgan fingerprint density at radius 3 is 2.22 bits per heavy atom. The van der Waals surface area contributed by atoms with Crippen molar-refractivity contribution >= 4 is 5.97 Å². The van der Waals surface area contributed by atoms with E-state index in [4.69, 9.17) is 9.47 Å². The smallest absolute Gasteiger partial charge is 0.314 e. The average molecular weight is 250 g/mol. The molecule has 1 aliphatic carbocycles. The summed E-state index contributed by atoms with van der Waals surface area (Å²) < 4.78 is 10.3. The van der Waals surface area contributed by atoms with Crippen molar-refractivity contribution in [2.24, 2.45) is 5.92 Å². The van der Waals surface area contributed by atoms with Crippen molar-refractivity contribution in [3.63, 3.8) is 0 Å². The molecule has 4 nitrogen and oxygen atoms in total. The number of benzene rings is 1. The van der Waals surface area contributed by atoms with E-state index in [1.807, 2.05) is 0 Å². The minimum Gasteiger partial charge on any atom is -0.497 e. The van der Waals surface area contributed by atoms with E-state index in [0.29, 0.717) is 31.4 Å². The maximum atomic E-state index is 11.9. The normalized spacial score (nSPS) is 23.4. The standard InChI is InChI=1S/C14H18O4/c1-17-12-6-8-13(9-7-12)18-14(16)10-2-4-11(15)5-3-10/h6-11,15H,2-5H2,1H3. The number of esters is 1. The zero-order chi connectivity index (χ0) is 13.0. The largest absolute Gasteiger partial charge is 0.497 e. The van der Waals surface area contributed by atoms with Crippen LogP contribution < -0.4 is 9.47 Å². The summed E-state index contributed by atoms with van der Waals surface area (Å²) in [4.78, 5) is 11.9. The highest BCUT2D eigenvalue weighted by atomic mass is 16.5. The van der Waals surface area contributed by atoms with Gasteiger partial charge in [-0.3, -0.25) is 4.79 Å². The van der Waals surface area contributed by atoms with E-state index >= 15 is 0 Å². The Labute approximate surface area is 107 Å². The quantitative estimate of drug-likeness (QED) is 0.659. The third-order valence-electron chi connectivity index (χ3n) is 3.31. The molecule has 1 fully saturated rings. The molecule has 0 aromatic heterocycles. The van der Waals surface area contributed by atoms with Gasteiger partial charge < -0.3 is 14.6 Å². The first-order valence-electron chi connectivity index (χ1n) is 6.23. The Morgan fingerprint density at radius 1 is 1.11 bits per heavy atom. The van der Waals surface area contributed by atoms with Crippen LogP contribution in [0.15, 0.2) is 24.3 Å². The first-order valence-corrected chi connectivity index (χ1v) is 6.23. The van der Waals surface area contributed by atoms with Gasteiger partial charge in [0.05, 0.1) is 19.1 Å². The Kier molecular flexibility index (Phi) is 4.20. The molecule has 0 atom stereocenters. The molecule has 0 spiro atoms. The van der Waals surface area contributed by atoms with E-state index in [1.54, 1.807) is 31.4 Å². The molecule has 1 saturated carbocycles. The number of methoxy groups -OCH3 is 1. The van der Waals surface area contributed by atoms with Gasteiger partial charge in [0.15, 0.2) is 0 Å². The molecule has 1 aromatic carbocycles. The summed E-state index contributed by atoms with van der Waals surface area (Å²) in [5.74, 6) is 0.977. The van der Waals surface area contributed by atoms with Gasteiger partial charge in [-0.05, 0) is 49.9 Å². The van der Waals surface area contributed by atoms with Crippen LogP contribution in [0.4, 0.5) is 0 Å². The third kappa shape index (κ3) is 3.23. The van der Waals surface area contributed by atoms with E-state index in [1.165, 1.54) is 0 Å². The topological polar surface area (TPSA) is 55.8 Å². The summed E-state index contributed by atoms with van der Waals surface area (Å²) in [5.41, 5.74) is 0. The van der Waals surface area contributed by atoms with Crippen molar-refractivity contribution in [3.8, 4) is 11.5 Å². The van der Waals surface area contributed by atoms with Crippen LogP contribution in [0.25, 0.3) is 0 Å². The number of aliphatic hydroxyl groups is 1. The molecule has 0 aliphatic heterocycles. The second-order valence-electron chi connectivity index (χ2n) is 4.60. The highest BCUT2D eigenvalue weighted by Gasteiger charge is 2.26. The molecule has 2 rings (SSSR count). The van der Waals surface area contributed by atoms with Crippen molar-refractivity contribution in [2.75, 3.05) is 7.11 Å². The number of aliphatic hydroxyl groups excluding tert-OH is 1. The van der Waals surface area contributed by atoms with Crippen molar-refractivity contribution < 1.29 is 19.4 Å². The third-order valence-corrected chi connectivity index (χ3v) is 3.31. The van der Waals surface area contributed by atoms with Gasteiger partial charge >= 0.3 is 5.97 Å². The van der Waals surface area contributed by atoms with Gasteiger partial charge in [0, 0.05) is 0 Å². The molecule has 1 aliphatic rings. The number of hydrogen-bond donors (Lipinski definition) is 1. The lowest BCUT2D eigenvalue weighted by molar-refractivity contribution is -0.140. The summed E-state index contributed by atoms with van der Waals surface area (Å²) in [6.45, 7) is 0. The lowest BCUT2D eigenvalue weighted by atomic mass is 9.87. The summed E-state index contributed by atoms with van der Waals surface area (Å²) >= 11 is 0. The first-order chi connectivity index (χ1) is 8.69. The predicted molar refractivity (Wildman–Crippen MR) is 66.6 cm³/mol. The molecule has 0 radical (unpaired) electrons.